The summed E-state index contributed by atoms with van der Waals surface area (Å²) >= 11 is 13.6. The normalized spacial score (nSPS) is 11.8. The second-order valence-electron chi connectivity index (χ2n) is 4.78. The molecule has 0 radical (unpaired) electrons. The molecule has 23 heavy (non-hydrogen) atoms. The van der Waals surface area contributed by atoms with Gasteiger partial charge < -0.3 is 0 Å². The van der Waals surface area contributed by atoms with Gasteiger partial charge >= 0.3 is 0 Å². The summed E-state index contributed by atoms with van der Waals surface area (Å²) in [5.74, 6) is 1.55. The third-order valence-electron chi connectivity index (χ3n) is 3.09. The maximum atomic E-state index is 6.13. The van der Waals surface area contributed by atoms with Crippen LogP contribution in [0.1, 0.15) is 25.3 Å². The molecule has 0 aliphatic rings. The molecule has 2 aromatic heterocycles. The minimum Gasteiger partial charge on any atom is -0.184 e. The molecule has 2 heterocycles. The number of aromatic nitrogens is 5. The van der Waals surface area contributed by atoms with Gasteiger partial charge in [-0.25, -0.2) is 0 Å². The molecule has 0 N–H and O–H groups in total. The Labute approximate surface area is 147 Å². The van der Waals surface area contributed by atoms with Crippen LogP contribution in [0.3, 0.4) is 0 Å². The molecule has 0 atom stereocenters. The lowest BCUT2D eigenvalue weighted by Crippen LogP contribution is -1.92. The fraction of sp³-hybridized carbons (Fsp3) is 0.286. The summed E-state index contributed by atoms with van der Waals surface area (Å²) in [4.78, 5) is 0. The lowest BCUT2D eigenvalue weighted by Gasteiger charge is -1.98. The van der Waals surface area contributed by atoms with Crippen molar-refractivity contribution in [3.63, 3.8) is 0 Å². The molecule has 0 amide bonds. The molecule has 0 unspecified atom stereocenters. The highest BCUT2D eigenvalue weighted by Crippen LogP contribution is 2.20. The number of unbranched alkanes of at least 4 members (excludes halogenated alkanes) is 1. The summed E-state index contributed by atoms with van der Waals surface area (Å²) in [6.07, 6.45) is 5.51. The van der Waals surface area contributed by atoms with Gasteiger partial charge in [0.25, 0.3) is 5.78 Å². The summed E-state index contributed by atoms with van der Waals surface area (Å²) < 4.78 is 3.24. The van der Waals surface area contributed by atoms with Gasteiger partial charge in [0.1, 0.15) is 6.33 Å². The smallest absolute Gasteiger partial charge is 0.184 e. The Morgan fingerprint density at radius 1 is 1.30 bits per heavy atom. The van der Waals surface area contributed by atoms with Crippen LogP contribution in [0.2, 0.25) is 10.0 Å². The number of nitrogens with zero attached hydrogens (tertiary/aromatic N) is 6. The minimum atomic E-state index is 0.537. The second-order valence-corrected chi connectivity index (χ2v) is 6.69. The van der Waals surface area contributed by atoms with Crippen LogP contribution < -0.4 is 0 Å². The predicted molar refractivity (Wildman–Crippen MR) is 93.9 cm³/mol. The monoisotopic (exact) mass is 368 g/mol. The third kappa shape index (κ3) is 3.68. The van der Waals surface area contributed by atoms with E-state index >= 15 is 0 Å². The van der Waals surface area contributed by atoms with Crippen LogP contribution in [0.5, 0.6) is 0 Å². The van der Waals surface area contributed by atoms with E-state index in [0.717, 1.165) is 29.3 Å². The molecule has 3 aromatic rings. The quantitative estimate of drug-likeness (QED) is 0.374. The van der Waals surface area contributed by atoms with E-state index in [9.17, 15) is 0 Å². The Kier molecular flexibility index (Phi) is 5.20. The maximum absolute atomic E-state index is 6.13. The Bertz CT molecular complexity index is 841. The molecule has 3 rings (SSSR count). The van der Waals surface area contributed by atoms with E-state index in [1.807, 2.05) is 0 Å². The molecule has 6 nitrogen and oxygen atoms in total. The van der Waals surface area contributed by atoms with Gasteiger partial charge in [0.15, 0.2) is 0 Å². The maximum Gasteiger partial charge on any atom is 0.275 e. The van der Waals surface area contributed by atoms with Crippen molar-refractivity contribution >= 4 is 47.0 Å². The fourth-order valence-corrected chi connectivity index (χ4v) is 3.29. The van der Waals surface area contributed by atoms with Crippen LogP contribution in [-0.4, -0.2) is 36.5 Å². The first-order chi connectivity index (χ1) is 11.2. The topological polar surface area (TPSA) is 60.4 Å². The molecule has 0 bridgehead atoms. The number of rotatable bonds is 6. The van der Waals surface area contributed by atoms with Gasteiger partial charge in [-0.1, -0.05) is 54.4 Å². The Hall–Kier alpha value is -1.57. The lowest BCUT2D eigenvalue weighted by atomic mass is 10.2. The zero-order chi connectivity index (χ0) is 16.2. The van der Waals surface area contributed by atoms with E-state index in [4.69, 9.17) is 23.2 Å². The summed E-state index contributed by atoms with van der Waals surface area (Å²) in [5.41, 5.74) is 0.764. The fourth-order valence-electron chi connectivity index (χ4n) is 1.86. The molecular weight excluding hydrogens is 355 g/mol. The van der Waals surface area contributed by atoms with Crippen LogP contribution in [-0.2, 0) is 0 Å². The number of thioether (sulfide) groups is 1. The second kappa shape index (κ2) is 7.33. The van der Waals surface area contributed by atoms with Gasteiger partial charge in [0.2, 0.25) is 5.16 Å². The zero-order valence-electron chi connectivity index (χ0n) is 12.4. The van der Waals surface area contributed by atoms with E-state index < -0.39 is 0 Å². The highest BCUT2D eigenvalue weighted by atomic mass is 35.5. The summed E-state index contributed by atoms with van der Waals surface area (Å²) in [7, 11) is 0. The summed E-state index contributed by atoms with van der Waals surface area (Å²) in [5, 5.41) is 18.8. The molecule has 9 heteroatoms. The number of fused-ring (bicyclic) bond motifs is 1. The number of hydrogen-bond acceptors (Lipinski definition) is 5. The van der Waals surface area contributed by atoms with Crippen molar-refractivity contribution in [3.05, 3.63) is 40.1 Å². The van der Waals surface area contributed by atoms with E-state index in [2.05, 4.69) is 27.3 Å². The molecule has 0 saturated carbocycles. The molecule has 0 fully saturated rings. The van der Waals surface area contributed by atoms with Crippen molar-refractivity contribution in [3.8, 4) is 0 Å². The Balaban J connectivity index is 1.82. The number of hydrogen-bond donors (Lipinski definition) is 0. The highest BCUT2D eigenvalue weighted by molar-refractivity contribution is 7.99. The molecule has 0 aliphatic carbocycles. The van der Waals surface area contributed by atoms with Crippen LogP contribution in [0.15, 0.2) is 34.8 Å². The molecule has 0 spiro atoms. The third-order valence-corrected chi connectivity index (χ3v) is 4.66. The Morgan fingerprint density at radius 2 is 2.17 bits per heavy atom. The minimum absolute atomic E-state index is 0.537. The zero-order valence-corrected chi connectivity index (χ0v) is 14.7. The van der Waals surface area contributed by atoms with Crippen molar-refractivity contribution < 1.29 is 0 Å². The van der Waals surface area contributed by atoms with Crippen LogP contribution in [0.25, 0.3) is 5.78 Å². The van der Waals surface area contributed by atoms with E-state index in [-0.39, 0.29) is 0 Å². The standard InChI is InChI=1S/C14H14Cl2N6S/c1-2-3-6-23-14-20-19-13-21(9-18-22(13)14)17-8-10-4-5-11(15)7-12(10)16/h4-5,7-9H,2-3,6H2,1H3/b17-8+. The lowest BCUT2D eigenvalue weighted by molar-refractivity contribution is 0.811. The molecular formula is C14H14Cl2N6S. The van der Waals surface area contributed by atoms with Crippen LogP contribution in [0.4, 0.5) is 0 Å². The van der Waals surface area contributed by atoms with Crippen LogP contribution in [0, 0.1) is 0 Å². The van der Waals surface area contributed by atoms with Crippen molar-refractivity contribution in [2.45, 2.75) is 24.9 Å². The first-order valence-electron chi connectivity index (χ1n) is 7.10. The van der Waals surface area contributed by atoms with Gasteiger partial charge in [0.05, 0.1) is 11.2 Å². The summed E-state index contributed by atoms with van der Waals surface area (Å²) in [6, 6.07) is 5.24. The molecule has 0 saturated heterocycles. The van der Waals surface area contributed by atoms with E-state index in [1.165, 1.54) is 0 Å². The first kappa shape index (κ1) is 16.3. The molecule has 0 aliphatic heterocycles. The van der Waals surface area contributed by atoms with Gasteiger partial charge in [-0.15, -0.1) is 10.2 Å². The van der Waals surface area contributed by atoms with Crippen molar-refractivity contribution in [2.75, 3.05) is 5.75 Å². The van der Waals surface area contributed by atoms with E-state index in [1.54, 1.807) is 51.7 Å². The Morgan fingerprint density at radius 3 is 2.96 bits per heavy atom. The van der Waals surface area contributed by atoms with E-state index in [0.29, 0.717) is 15.8 Å². The van der Waals surface area contributed by atoms with Crippen molar-refractivity contribution in [1.82, 2.24) is 24.5 Å². The predicted octanol–water partition coefficient (Wildman–Crippen LogP) is 4.01. The SMILES string of the molecule is CCCCSc1nnc2n(/N=C/c3ccc(Cl)cc3Cl)cnn12. The number of halogens is 2. The molecule has 1 aromatic carbocycles. The average molecular weight is 369 g/mol. The van der Waals surface area contributed by atoms with Crippen molar-refractivity contribution in [1.29, 1.82) is 0 Å². The first-order valence-corrected chi connectivity index (χ1v) is 8.84. The van der Waals surface area contributed by atoms with Gasteiger partial charge in [-0.2, -0.15) is 19.4 Å². The van der Waals surface area contributed by atoms with Gasteiger partial charge in [-0.3, -0.25) is 0 Å². The van der Waals surface area contributed by atoms with Crippen molar-refractivity contribution in [2.24, 2.45) is 5.10 Å². The van der Waals surface area contributed by atoms with Gasteiger partial charge in [-0.05, 0) is 18.6 Å². The van der Waals surface area contributed by atoms with Gasteiger partial charge in [0, 0.05) is 16.3 Å². The molecule has 120 valence electrons. The summed E-state index contributed by atoms with van der Waals surface area (Å²) in [6.45, 7) is 2.16. The largest absolute Gasteiger partial charge is 0.275 e. The number of benzene rings is 1. The average Bonchev–Trinajstić information content (AvgIpc) is 3.10. The highest BCUT2D eigenvalue weighted by Gasteiger charge is 2.11. The van der Waals surface area contributed by atoms with Crippen LogP contribution >= 0.6 is 35.0 Å².